The minimum Gasteiger partial charge on any atom is -0.344 e. The molecule has 1 N–H and O–H groups in total. The van der Waals surface area contributed by atoms with Crippen molar-refractivity contribution < 1.29 is 13.6 Å². The number of amides is 1. The van der Waals surface area contributed by atoms with Crippen molar-refractivity contribution in [1.29, 1.82) is 0 Å². The summed E-state index contributed by atoms with van der Waals surface area (Å²) in [5, 5.41) is 5.74. The molecular formula is C33H29F2N3OS. The summed E-state index contributed by atoms with van der Waals surface area (Å²) >= 11 is 1.43. The average molecular weight is 554 g/mol. The van der Waals surface area contributed by atoms with E-state index in [1.807, 2.05) is 48.5 Å². The molecule has 0 aliphatic carbocycles. The number of aromatic nitrogens is 1. The Morgan fingerprint density at radius 1 is 0.725 bits per heavy atom. The van der Waals surface area contributed by atoms with Gasteiger partial charge in [-0.25, -0.2) is 13.8 Å². The van der Waals surface area contributed by atoms with Crippen LogP contribution in [-0.4, -0.2) is 15.8 Å². The maximum absolute atomic E-state index is 13.5. The van der Waals surface area contributed by atoms with E-state index < -0.39 is 0 Å². The molecule has 4 nitrogen and oxygen atoms in total. The second kappa shape index (κ2) is 13.2. The van der Waals surface area contributed by atoms with Crippen LogP contribution in [0, 0.1) is 11.6 Å². The van der Waals surface area contributed by atoms with E-state index in [9.17, 15) is 13.6 Å². The van der Waals surface area contributed by atoms with Crippen molar-refractivity contribution in [2.45, 2.75) is 32.1 Å². The van der Waals surface area contributed by atoms with Gasteiger partial charge in [0.25, 0.3) is 5.91 Å². The second-order valence-electron chi connectivity index (χ2n) is 9.65. The van der Waals surface area contributed by atoms with Crippen molar-refractivity contribution in [3.8, 4) is 0 Å². The van der Waals surface area contributed by atoms with Crippen LogP contribution >= 0.6 is 11.3 Å². The lowest BCUT2D eigenvalue weighted by Crippen LogP contribution is -2.30. The summed E-state index contributed by atoms with van der Waals surface area (Å²) in [4.78, 5) is 20.1. The highest BCUT2D eigenvalue weighted by Crippen LogP contribution is 2.21. The molecule has 1 aromatic heterocycles. The number of carbonyl (C=O) groups is 1. The third-order valence-electron chi connectivity index (χ3n) is 6.57. The number of nitrogens with zero attached hydrogens (tertiary/aromatic N) is 2. The lowest BCUT2D eigenvalue weighted by molar-refractivity contribution is 0.0931. The molecule has 0 fully saturated rings. The van der Waals surface area contributed by atoms with E-state index in [-0.39, 0.29) is 23.6 Å². The van der Waals surface area contributed by atoms with Crippen LogP contribution in [0.2, 0.25) is 0 Å². The van der Waals surface area contributed by atoms with Crippen LogP contribution in [0.15, 0.2) is 115 Å². The molecule has 0 spiro atoms. The Morgan fingerprint density at radius 3 is 1.85 bits per heavy atom. The van der Waals surface area contributed by atoms with Gasteiger partial charge in [-0.05, 0) is 52.9 Å². The van der Waals surface area contributed by atoms with Gasteiger partial charge >= 0.3 is 0 Å². The summed E-state index contributed by atoms with van der Waals surface area (Å²) in [5.74, 6) is -0.799. The van der Waals surface area contributed by atoms with Crippen molar-refractivity contribution in [3.05, 3.63) is 159 Å². The summed E-state index contributed by atoms with van der Waals surface area (Å²) in [5.41, 5.74) is 4.43. The number of benzene rings is 4. The summed E-state index contributed by atoms with van der Waals surface area (Å²) in [6.07, 6.45) is 0.663. The molecule has 5 rings (SSSR count). The highest BCUT2D eigenvalue weighted by molar-refractivity contribution is 7.09. The zero-order valence-corrected chi connectivity index (χ0v) is 22.7. The van der Waals surface area contributed by atoms with Gasteiger partial charge in [-0.3, -0.25) is 9.69 Å². The van der Waals surface area contributed by atoms with Crippen LogP contribution < -0.4 is 5.32 Å². The summed E-state index contributed by atoms with van der Waals surface area (Å²) in [6.45, 7) is 1.58. The number of thiazole rings is 1. The van der Waals surface area contributed by atoms with Gasteiger partial charge in [0.05, 0.1) is 12.6 Å². The van der Waals surface area contributed by atoms with Crippen molar-refractivity contribution in [1.82, 2.24) is 15.2 Å². The zero-order chi connectivity index (χ0) is 27.7. The molecule has 0 unspecified atom stereocenters. The van der Waals surface area contributed by atoms with Crippen molar-refractivity contribution in [2.75, 3.05) is 0 Å². The quantitative estimate of drug-likeness (QED) is 0.186. The molecule has 0 aliphatic rings. The number of nitrogens with one attached hydrogen (secondary N) is 1. The number of halogens is 2. The van der Waals surface area contributed by atoms with Gasteiger partial charge < -0.3 is 5.32 Å². The molecular weight excluding hydrogens is 524 g/mol. The largest absolute Gasteiger partial charge is 0.344 e. The van der Waals surface area contributed by atoms with E-state index in [0.29, 0.717) is 31.7 Å². The predicted octanol–water partition coefficient (Wildman–Crippen LogP) is 7.34. The molecule has 0 saturated carbocycles. The first kappa shape index (κ1) is 27.4. The molecule has 1 amide bonds. The molecule has 7 heteroatoms. The Labute approximate surface area is 237 Å². The second-order valence-corrected chi connectivity index (χ2v) is 10.6. The number of rotatable bonds is 11. The predicted molar refractivity (Wildman–Crippen MR) is 155 cm³/mol. The van der Waals surface area contributed by atoms with Gasteiger partial charge in [0, 0.05) is 18.5 Å². The van der Waals surface area contributed by atoms with E-state index >= 15 is 0 Å². The molecule has 4 aromatic carbocycles. The molecule has 40 heavy (non-hydrogen) atoms. The van der Waals surface area contributed by atoms with Crippen molar-refractivity contribution >= 4 is 17.2 Å². The maximum atomic E-state index is 13.5. The molecule has 5 aromatic rings. The molecule has 202 valence electrons. The van der Waals surface area contributed by atoms with Crippen LogP contribution in [0.25, 0.3) is 0 Å². The van der Waals surface area contributed by atoms with E-state index in [1.54, 1.807) is 29.6 Å². The fraction of sp³-hybridized carbons (Fsp3) is 0.152. The topological polar surface area (TPSA) is 45.2 Å². The average Bonchev–Trinajstić information content (AvgIpc) is 3.45. The normalized spacial score (nSPS) is 11.9. The number of hydrogen-bond acceptors (Lipinski definition) is 4. The Bertz CT molecular complexity index is 1460. The summed E-state index contributed by atoms with van der Waals surface area (Å²) < 4.78 is 26.9. The van der Waals surface area contributed by atoms with Gasteiger partial charge in [0.2, 0.25) is 0 Å². The van der Waals surface area contributed by atoms with E-state index in [2.05, 4.69) is 27.3 Å². The minimum atomic E-state index is -0.287. The molecule has 1 atom stereocenters. The smallest absolute Gasteiger partial charge is 0.271 e. The van der Waals surface area contributed by atoms with Gasteiger partial charge in [0.15, 0.2) is 0 Å². The Kier molecular flexibility index (Phi) is 9.06. The van der Waals surface area contributed by atoms with Crippen LogP contribution in [0.3, 0.4) is 0 Å². The van der Waals surface area contributed by atoms with E-state index in [1.165, 1.54) is 35.6 Å². The molecule has 0 radical (unpaired) electrons. The van der Waals surface area contributed by atoms with Crippen LogP contribution in [0.5, 0.6) is 0 Å². The lowest BCUT2D eigenvalue weighted by atomic mass is 9.99. The van der Waals surface area contributed by atoms with Crippen LogP contribution in [-0.2, 0) is 26.1 Å². The molecule has 0 aliphatic heterocycles. The minimum absolute atomic E-state index is 0.199. The highest BCUT2D eigenvalue weighted by Gasteiger charge is 2.19. The van der Waals surface area contributed by atoms with Crippen LogP contribution in [0.4, 0.5) is 8.78 Å². The van der Waals surface area contributed by atoms with Crippen molar-refractivity contribution in [2.24, 2.45) is 0 Å². The van der Waals surface area contributed by atoms with Gasteiger partial charge in [0.1, 0.15) is 22.3 Å². The first-order valence-electron chi connectivity index (χ1n) is 13.1. The lowest BCUT2D eigenvalue weighted by Gasteiger charge is -2.21. The van der Waals surface area contributed by atoms with Crippen molar-refractivity contribution in [3.63, 3.8) is 0 Å². The summed E-state index contributed by atoms with van der Waals surface area (Å²) in [7, 11) is 0. The standard InChI is InChI=1S/C33H29F2N3OS/c34-28-15-11-25(12-16-28)20-38(21-26-13-17-29(35)18-14-26)22-32-36-31(23-40-32)33(39)37-30(27-9-5-2-6-10-27)19-24-7-3-1-4-8-24/h1-18,23,30H,19-22H2,(H,37,39)/t30-/m0/s1. The van der Waals surface area contributed by atoms with Gasteiger partial charge in [-0.15, -0.1) is 11.3 Å². The Hall–Kier alpha value is -4.20. The first-order valence-corrected chi connectivity index (χ1v) is 14.0. The van der Waals surface area contributed by atoms with Gasteiger partial charge in [-0.2, -0.15) is 0 Å². The van der Waals surface area contributed by atoms with Gasteiger partial charge in [-0.1, -0.05) is 84.9 Å². The highest BCUT2D eigenvalue weighted by atomic mass is 32.1. The maximum Gasteiger partial charge on any atom is 0.271 e. The number of hydrogen-bond donors (Lipinski definition) is 1. The Balaban J connectivity index is 1.30. The zero-order valence-electron chi connectivity index (χ0n) is 21.8. The van der Waals surface area contributed by atoms with Crippen LogP contribution in [0.1, 0.15) is 43.8 Å². The van der Waals surface area contributed by atoms with E-state index in [4.69, 9.17) is 0 Å². The fourth-order valence-corrected chi connectivity index (χ4v) is 5.38. The monoisotopic (exact) mass is 553 g/mol. The third-order valence-corrected chi connectivity index (χ3v) is 7.41. The molecule has 0 saturated heterocycles. The SMILES string of the molecule is O=C(N[C@@H](Cc1ccccc1)c1ccccc1)c1csc(CN(Cc2ccc(F)cc2)Cc2ccc(F)cc2)n1. The molecule has 1 heterocycles. The first-order chi connectivity index (χ1) is 19.5. The Morgan fingerprint density at radius 2 is 1.27 bits per heavy atom. The fourth-order valence-electron chi connectivity index (χ4n) is 4.56. The molecule has 0 bridgehead atoms. The van der Waals surface area contributed by atoms with E-state index in [0.717, 1.165) is 27.3 Å². The number of carbonyl (C=O) groups excluding carboxylic acids is 1. The third kappa shape index (κ3) is 7.68. The summed E-state index contributed by atoms with van der Waals surface area (Å²) in [6, 6.07) is 32.6.